The van der Waals surface area contributed by atoms with Crippen molar-refractivity contribution < 1.29 is 14.0 Å². The fourth-order valence-electron chi connectivity index (χ4n) is 2.37. The average molecular weight is 345 g/mol. The molecule has 0 aliphatic heterocycles. The zero-order chi connectivity index (χ0) is 18.5. The van der Waals surface area contributed by atoms with Crippen LogP contribution in [-0.2, 0) is 0 Å². The van der Waals surface area contributed by atoms with Crippen LogP contribution in [0.15, 0.2) is 63.8 Å². The Morgan fingerprint density at radius 2 is 1.81 bits per heavy atom. The van der Waals surface area contributed by atoms with Crippen molar-refractivity contribution in [3.63, 3.8) is 0 Å². The first-order chi connectivity index (χ1) is 12.5. The second-order valence-corrected chi connectivity index (χ2v) is 5.60. The normalized spacial score (nSPS) is 10.0. The fraction of sp³-hybridized carbons (Fsp3) is 0.0952. The molecule has 26 heavy (non-hydrogen) atoms. The molecule has 1 heterocycles. The highest BCUT2D eigenvalue weighted by Crippen LogP contribution is 2.12. The molecule has 0 saturated carbocycles. The monoisotopic (exact) mass is 345 g/mol. The van der Waals surface area contributed by atoms with Crippen molar-refractivity contribution in [1.82, 2.24) is 5.32 Å². The van der Waals surface area contributed by atoms with Gasteiger partial charge in [-0.15, -0.1) is 0 Å². The molecular weight excluding hydrogens is 330 g/mol. The van der Waals surface area contributed by atoms with Crippen molar-refractivity contribution in [3.05, 3.63) is 81.7 Å². The van der Waals surface area contributed by atoms with Crippen molar-refractivity contribution in [2.75, 3.05) is 6.54 Å². The van der Waals surface area contributed by atoms with Gasteiger partial charge in [-0.05, 0) is 31.2 Å². The second kappa shape index (κ2) is 7.49. The quantitative estimate of drug-likeness (QED) is 0.450. The van der Waals surface area contributed by atoms with Gasteiger partial charge in [-0.3, -0.25) is 9.59 Å². The number of Topliss-reactive ketones (excluding diaryl/α,β-unsaturated/α-hetero) is 1. The van der Waals surface area contributed by atoms with E-state index in [0.717, 1.165) is 5.56 Å². The maximum atomic E-state index is 12.2. The summed E-state index contributed by atoms with van der Waals surface area (Å²) in [5.74, 6) is 5.15. The van der Waals surface area contributed by atoms with E-state index in [1.165, 1.54) is 13.0 Å². The first-order valence-electron chi connectivity index (χ1n) is 7.95. The number of carbonyl (C=O) groups excluding carboxylic acids is 2. The van der Waals surface area contributed by atoms with Crippen LogP contribution in [0.25, 0.3) is 11.0 Å². The summed E-state index contributed by atoms with van der Waals surface area (Å²) in [5.41, 5.74) is 1.04. The lowest BCUT2D eigenvalue weighted by atomic mass is 10.1. The minimum absolute atomic E-state index is 0.00834. The highest BCUT2D eigenvalue weighted by molar-refractivity contribution is 5.96. The Hall–Kier alpha value is -3.65. The van der Waals surface area contributed by atoms with Crippen LogP contribution in [0.4, 0.5) is 0 Å². The van der Waals surface area contributed by atoms with E-state index in [9.17, 15) is 14.4 Å². The second-order valence-electron chi connectivity index (χ2n) is 5.60. The van der Waals surface area contributed by atoms with Gasteiger partial charge in [-0.1, -0.05) is 42.2 Å². The number of nitrogens with one attached hydrogen (secondary N) is 1. The summed E-state index contributed by atoms with van der Waals surface area (Å²) in [4.78, 5) is 35.3. The molecule has 0 bridgehead atoms. The largest absolute Gasteiger partial charge is 0.422 e. The number of benzene rings is 2. The lowest BCUT2D eigenvalue weighted by Crippen LogP contribution is -2.28. The lowest BCUT2D eigenvalue weighted by molar-refractivity contribution is 0.0954. The van der Waals surface area contributed by atoms with Gasteiger partial charge in [0.1, 0.15) is 11.1 Å². The van der Waals surface area contributed by atoms with Crippen molar-refractivity contribution in [3.8, 4) is 11.8 Å². The van der Waals surface area contributed by atoms with Gasteiger partial charge in [0.25, 0.3) is 5.91 Å². The van der Waals surface area contributed by atoms with Gasteiger partial charge in [0.05, 0.1) is 6.54 Å². The third-order valence-electron chi connectivity index (χ3n) is 3.75. The maximum absolute atomic E-state index is 12.2. The van der Waals surface area contributed by atoms with Gasteiger partial charge in [-0.25, -0.2) is 4.79 Å². The smallest absolute Gasteiger partial charge is 0.349 e. The maximum Gasteiger partial charge on any atom is 0.349 e. The summed E-state index contributed by atoms with van der Waals surface area (Å²) < 4.78 is 5.14. The van der Waals surface area contributed by atoms with Gasteiger partial charge in [0, 0.05) is 16.5 Å². The van der Waals surface area contributed by atoms with Crippen LogP contribution in [0.3, 0.4) is 0 Å². The van der Waals surface area contributed by atoms with Crippen LogP contribution in [0, 0.1) is 11.8 Å². The molecule has 3 aromatic rings. The molecule has 0 saturated heterocycles. The van der Waals surface area contributed by atoms with E-state index in [1.807, 2.05) is 0 Å². The summed E-state index contributed by atoms with van der Waals surface area (Å²) in [5, 5.41) is 3.25. The number of amides is 1. The molecule has 1 aromatic heterocycles. The molecule has 1 N–H and O–H groups in total. The molecule has 0 aliphatic rings. The topological polar surface area (TPSA) is 76.4 Å². The van der Waals surface area contributed by atoms with Crippen molar-refractivity contribution >= 4 is 22.7 Å². The van der Waals surface area contributed by atoms with E-state index < -0.39 is 11.5 Å². The fourth-order valence-corrected chi connectivity index (χ4v) is 2.37. The molecule has 0 spiro atoms. The predicted molar refractivity (Wildman–Crippen MR) is 98.1 cm³/mol. The van der Waals surface area contributed by atoms with E-state index in [-0.39, 0.29) is 17.9 Å². The number of ketones is 1. The Kier molecular flexibility index (Phi) is 4.95. The molecule has 5 nitrogen and oxygen atoms in total. The predicted octanol–water partition coefficient (Wildman–Crippen LogP) is 2.78. The Labute approximate surface area is 149 Å². The number of rotatable bonds is 3. The van der Waals surface area contributed by atoms with Crippen LogP contribution in [0.2, 0.25) is 0 Å². The van der Waals surface area contributed by atoms with Crippen molar-refractivity contribution in [1.29, 1.82) is 0 Å². The third-order valence-corrected chi connectivity index (χ3v) is 3.75. The SMILES string of the molecule is CC(=O)c1ccc(C#CCNC(=O)c2cc3ccccc3oc2=O)cc1. The third kappa shape index (κ3) is 3.87. The Bertz CT molecular complexity index is 1100. The molecule has 0 atom stereocenters. The van der Waals surface area contributed by atoms with Crippen LogP contribution >= 0.6 is 0 Å². The Morgan fingerprint density at radius 3 is 2.54 bits per heavy atom. The van der Waals surface area contributed by atoms with Gasteiger partial charge in [-0.2, -0.15) is 0 Å². The molecule has 0 aliphatic carbocycles. The lowest BCUT2D eigenvalue weighted by Gasteiger charge is -2.02. The molecule has 3 rings (SSSR count). The van der Waals surface area contributed by atoms with E-state index in [1.54, 1.807) is 48.5 Å². The summed E-state index contributed by atoms with van der Waals surface area (Å²) in [7, 11) is 0. The molecule has 128 valence electrons. The Balaban J connectivity index is 1.67. The zero-order valence-corrected chi connectivity index (χ0v) is 14.0. The molecule has 1 amide bonds. The van der Waals surface area contributed by atoms with E-state index in [2.05, 4.69) is 17.2 Å². The summed E-state index contributed by atoms with van der Waals surface area (Å²) in [6, 6.07) is 15.4. The average Bonchev–Trinajstić information content (AvgIpc) is 2.64. The summed E-state index contributed by atoms with van der Waals surface area (Å²) in [6.45, 7) is 1.58. The number of hydrogen-bond acceptors (Lipinski definition) is 4. The number of carbonyl (C=O) groups is 2. The molecule has 0 unspecified atom stereocenters. The minimum Gasteiger partial charge on any atom is -0.422 e. The number of para-hydroxylation sites is 1. The highest BCUT2D eigenvalue weighted by Gasteiger charge is 2.12. The van der Waals surface area contributed by atoms with Crippen molar-refractivity contribution in [2.24, 2.45) is 0 Å². The van der Waals surface area contributed by atoms with Crippen LogP contribution in [0.5, 0.6) is 0 Å². The van der Waals surface area contributed by atoms with Crippen LogP contribution < -0.4 is 10.9 Å². The molecule has 5 heteroatoms. The van der Waals surface area contributed by atoms with E-state index in [4.69, 9.17) is 4.42 Å². The first-order valence-corrected chi connectivity index (χ1v) is 7.95. The Morgan fingerprint density at radius 1 is 1.08 bits per heavy atom. The van der Waals surface area contributed by atoms with Gasteiger partial charge < -0.3 is 9.73 Å². The van der Waals surface area contributed by atoms with E-state index in [0.29, 0.717) is 16.5 Å². The van der Waals surface area contributed by atoms with Crippen LogP contribution in [-0.4, -0.2) is 18.2 Å². The zero-order valence-electron chi connectivity index (χ0n) is 14.0. The first kappa shape index (κ1) is 17.2. The highest BCUT2D eigenvalue weighted by atomic mass is 16.4. The summed E-state index contributed by atoms with van der Waals surface area (Å²) >= 11 is 0. The van der Waals surface area contributed by atoms with Crippen LogP contribution in [0.1, 0.15) is 33.2 Å². The van der Waals surface area contributed by atoms with E-state index >= 15 is 0 Å². The summed E-state index contributed by atoms with van der Waals surface area (Å²) in [6.07, 6.45) is 0. The van der Waals surface area contributed by atoms with Crippen molar-refractivity contribution in [2.45, 2.75) is 6.92 Å². The number of fused-ring (bicyclic) bond motifs is 1. The standard InChI is InChI=1S/C21H15NO4/c1-14(23)16-10-8-15(9-11-16)5-4-12-22-20(24)18-13-17-6-2-3-7-19(17)26-21(18)25/h2-3,6-11,13H,12H2,1H3,(H,22,24). The molecular formula is C21H15NO4. The molecule has 0 radical (unpaired) electrons. The molecule has 0 fully saturated rings. The van der Waals surface area contributed by atoms with Gasteiger partial charge >= 0.3 is 5.63 Å². The van der Waals surface area contributed by atoms with Gasteiger partial charge in [0.15, 0.2) is 5.78 Å². The molecule has 2 aromatic carbocycles. The van der Waals surface area contributed by atoms with Gasteiger partial charge in [0.2, 0.25) is 0 Å². The number of hydrogen-bond donors (Lipinski definition) is 1. The minimum atomic E-state index is -0.686.